The molecule has 0 amide bonds. The molecule has 3 saturated heterocycles. The number of hydrogen-bond donors (Lipinski definition) is 2. The van der Waals surface area contributed by atoms with Crippen LogP contribution in [0.2, 0.25) is 0 Å². The minimum Gasteiger partial charge on any atom is -0.496 e. The monoisotopic (exact) mass is 704 g/mol. The van der Waals surface area contributed by atoms with Gasteiger partial charge in [-0.25, -0.2) is 0 Å². The van der Waals surface area contributed by atoms with Crippen molar-refractivity contribution in [1.29, 1.82) is 0 Å². The third kappa shape index (κ3) is 4.60. The molecule has 2 aromatic carbocycles. The van der Waals surface area contributed by atoms with Crippen LogP contribution in [0, 0.1) is 23.7 Å². The summed E-state index contributed by atoms with van der Waals surface area (Å²) in [5.41, 5.74) is 8.43. The number of ether oxygens (including phenoxy) is 3. The summed E-state index contributed by atoms with van der Waals surface area (Å²) in [6.45, 7) is 7.16. The quantitative estimate of drug-likeness (QED) is 0.181. The standard InChI is InChI=1S/C43H52N4O5/c1-7-24-17-23-20-43(42(49)52-6)39-28(15-16-47(21-23)40(24)43)27-13-14-34(50-4)36(38(27)45-39)31-18-29-25(8-2)22-46(3)33(35(29)41(48)51-5)19-30-26-11-9-10-12-32(26)44-37(30)31/h8-14,23-24,29,31,33,35,40,44-45H,7,15-22H2,1-6H3/b25-8-/t23-,24+,29-,31-,33+,35+,40+,43-/m1/s1. The van der Waals surface area contributed by atoms with Crippen molar-refractivity contribution >= 4 is 33.7 Å². The molecule has 0 spiro atoms. The fraction of sp³-hybridized carbons (Fsp3) is 0.535. The number of esters is 2. The van der Waals surface area contributed by atoms with Crippen molar-refractivity contribution in [1.82, 2.24) is 19.8 Å². The van der Waals surface area contributed by atoms with Gasteiger partial charge in [-0.3, -0.25) is 19.4 Å². The number of nitrogens with zero attached hydrogens (tertiary/aromatic N) is 2. The molecule has 0 radical (unpaired) electrons. The summed E-state index contributed by atoms with van der Waals surface area (Å²) in [4.78, 5) is 41.2. The summed E-state index contributed by atoms with van der Waals surface area (Å²) in [6.07, 6.45) is 7.53. The van der Waals surface area contributed by atoms with E-state index in [1.54, 1.807) is 14.2 Å². The van der Waals surface area contributed by atoms with Gasteiger partial charge in [0, 0.05) is 70.9 Å². The minimum absolute atomic E-state index is 0.00427. The van der Waals surface area contributed by atoms with E-state index in [1.807, 2.05) is 0 Å². The Morgan fingerprint density at radius 1 is 1.02 bits per heavy atom. The molecule has 4 aliphatic heterocycles. The first-order valence-corrected chi connectivity index (χ1v) is 19.3. The predicted octanol–water partition coefficient (Wildman–Crippen LogP) is 6.49. The molecule has 2 N–H and O–H groups in total. The van der Waals surface area contributed by atoms with Gasteiger partial charge in [-0.2, -0.15) is 0 Å². The van der Waals surface area contributed by atoms with Gasteiger partial charge in [-0.1, -0.05) is 43.2 Å². The molecule has 1 unspecified atom stereocenters. The lowest BCUT2D eigenvalue weighted by molar-refractivity contribution is -0.162. The highest BCUT2D eigenvalue weighted by Crippen LogP contribution is 2.57. The predicted molar refractivity (Wildman–Crippen MR) is 202 cm³/mol. The Kier molecular flexibility index (Phi) is 8.12. The average molecular weight is 705 g/mol. The maximum Gasteiger partial charge on any atom is 0.319 e. The second-order valence-corrected chi connectivity index (χ2v) is 16.3. The van der Waals surface area contributed by atoms with E-state index in [2.05, 4.69) is 83.1 Å². The summed E-state index contributed by atoms with van der Waals surface area (Å²) >= 11 is 0. The molecule has 9 nitrogen and oxygen atoms in total. The third-order valence-corrected chi connectivity index (χ3v) is 14.2. The number of para-hydroxylation sites is 1. The highest BCUT2D eigenvalue weighted by Gasteiger charge is 2.63. The van der Waals surface area contributed by atoms with Crippen LogP contribution in [0.4, 0.5) is 0 Å². The van der Waals surface area contributed by atoms with Crippen molar-refractivity contribution in [2.24, 2.45) is 23.7 Å². The zero-order chi connectivity index (χ0) is 36.1. The van der Waals surface area contributed by atoms with Crippen LogP contribution in [0.5, 0.6) is 5.75 Å². The molecule has 6 heterocycles. The molecule has 4 fully saturated rings. The van der Waals surface area contributed by atoms with Crippen LogP contribution >= 0.6 is 0 Å². The first-order valence-electron chi connectivity index (χ1n) is 19.3. The fourth-order valence-corrected chi connectivity index (χ4v) is 12.1. The summed E-state index contributed by atoms with van der Waals surface area (Å²) in [7, 11) is 6.98. The van der Waals surface area contributed by atoms with Gasteiger partial charge >= 0.3 is 11.9 Å². The van der Waals surface area contributed by atoms with Crippen molar-refractivity contribution < 1.29 is 23.8 Å². The van der Waals surface area contributed by atoms with E-state index in [0.29, 0.717) is 18.3 Å². The van der Waals surface area contributed by atoms with Gasteiger partial charge in [0.25, 0.3) is 0 Å². The van der Waals surface area contributed by atoms with E-state index in [4.69, 9.17) is 14.2 Å². The van der Waals surface area contributed by atoms with Crippen LogP contribution in [0.25, 0.3) is 21.8 Å². The Morgan fingerprint density at radius 2 is 1.85 bits per heavy atom. The molecule has 10 rings (SSSR count). The van der Waals surface area contributed by atoms with Gasteiger partial charge in [0.15, 0.2) is 0 Å². The maximum absolute atomic E-state index is 14.4. The Balaban J connectivity index is 1.32. The maximum atomic E-state index is 14.4. The molecule has 6 bridgehead atoms. The molecular weight excluding hydrogens is 652 g/mol. The molecule has 274 valence electrons. The Hall–Kier alpha value is -4.08. The molecule has 9 atom stereocenters. The molecule has 52 heavy (non-hydrogen) atoms. The number of nitrogens with one attached hydrogen (secondary N) is 2. The Bertz CT molecular complexity index is 2110. The van der Waals surface area contributed by atoms with E-state index in [-0.39, 0.29) is 41.8 Å². The normalized spacial score (nSPS) is 33.2. The number of likely N-dealkylation sites (tertiary alicyclic amines) is 1. The number of benzene rings is 2. The number of carbonyl (C=O) groups excluding carboxylic acids is 2. The SMILES string of the molecule is C/C=C1/CN(C)[C@H]2Cc3c([nH]c4ccccc34)[C@@H](c3c(OC)ccc4c5c([nH]c34)[C@]3(C(=O)OC)C[C@H]4C[C@H](CC)[C@@H]3N(CC5)C4)C[C@H]1[C@@H]2C(=O)OC. The van der Waals surface area contributed by atoms with Gasteiger partial charge in [0.1, 0.15) is 11.2 Å². The zero-order valence-electron chi connectivity index (χ0n) is 31.4. The summed E-state index contributed by atoms with van der Waals surface area (Å²) in [5.74, 6) is 0.960. The highest BCUT2D eigenvalue weighted by atomic mass is 16.5. The Labute approximate surface area is 306 Å². The lowest BCUT2D eigenvalue weighted by Crippen LogP contribution is -2.67. The molecular formula is C43H52N4O5. The number of aromatic nitrogens is 2. The number of aromatic amines is 2. The van der Waals surface area contributed by atoms with Crippen molar-refractivity contribution in [3.8, 4) is 5.75 Å². The molecule has 9 heteroatoms. The molecule has 2 aromatic heterocycles. The van der Waals surface area contributed by atoms with Crippen LogP contribution in [0.3, 0.4) is 0 Å². The summed E-state index contributed by atoms with van der Waals surface area (Å²) < 4.78 is 17.7. The van der Waals surface area contributed by atoms with Gasteiger partial charge in [0.05, 0.1) is 32.8 Å². The van der Waals surface area contributed by atoms with Crippen molar-refractivity contribution in [3.05, 3.63) is 76.1 Å². The number of piperidine rings is 3. The van der Waals surface area contributed by atoms with Gasteiger partial charge in [-0.05, 0) is 93.2 Å². The molecule has 2 aliphatic carbocycles. The average Bonchev–Trinajstić information content (AvgIpc) is 3.70. The molecule has 4 aromatic rings. The van der Waals surface area contributed by atoms with E-state index in [9.17, 15) is 9.59 Å². The second-order valence-electron chi connectivity index (χ2n) is 16.3. The van der Waals surface area contributed by atoms with Crippen LogP contribution in [-0.4, -0.2) is 91.8 Å². The lowest BCUT2D eigenvalue weighted by Gasteiger charge is -2.57. The number of methoxy groups -OCH3 is 3. The van der Waals surface area contributed by atoms with Crippen molar-refractivity contribution in [2.45, 2.75) is 75.8 Å². The Morgan fingerprint density at radius 3 is 2.60 bits per heavy atom. The van der Waals surface area contributed by atoms with E-state index in [0.717, 1.165) is 78.7 Å². The largest absolute Gasteiger partial charge is 0.496 e. The fourth-order valence-electron chi connectivity index (χ4n) is 12.1. The van der Waals surface area contributed by atoms with Gasteiger partial charge < -0.3 is 24.2 Å². The number of carbonyl (C=O) groups is 2. The number of likely N-dealkylation sites (N-methyl/N-ethyl adjacent to an activating group) is 1. The third-order valence-electron chi connectivity index (χ3n) is 14.2. The molecule has 6 aliphatic rings. The van der Waals surface area contributed by atoms with Crippen LogP contribution in [0.15, 0.2) is 48.0 Å². The number of rotatable bonds is 5. The highest BCUT2D eigenvalue weighted by molar-refractivity contribution is 5.95. The first kappa shape index (κ1) is 33.7. The topological polar surface area (TPSA) is 99.9 Å². The van der Waals surface area contributed by atoms with E-state index < -0.39 is 5.41 Å². The zero-order valence-corrected chi connectivity index (χ0v) is 31.4. The summed E-state index contributed by atoms with van der Waals surface area (Å²) in [6, 6.07) is 13.0. The van der Waals surface area contributed by atoms with Crippen molar-refractivity contribution in [3.63, 3.8) is 0 Å². The number of allylic oxidation sites excluding steroid dienone is 1. The van der Waals surface area contributed by atoms with E-state index in [1.165, 1.54) is 41.3 Å². The van der Waals surface area contributed by atoms with Crippen LogP contribution in [-0.2, 0) is 37.3 Å². The molecule has 1 saturated carbocycles. The van der Waals surface area contributed by atoms with E-state index >= 15 is 0 Å². The van der Waals surface area contributed by atoms with Gasteiger partial charge in [-0.15, -0.1) is 0 Å². The summed E-state index contributed by atoms with van der Waals surface area (Å²) in [5, 5.41) is 2.35. The first-order chi connectivity index (χ1) is 25.3. The van der Waals surface area contributed by atoms with Crippen molar-refractivity contribution in [2.75, 3.05) is 48.0 Å². The number of H-pyrrole nitrogens is 2. The van der Waals surface area contributed by atoms with Crippen LogP contribution in [0.1, 0.15) is 73.5 Å². The lowest BCUT2D eigenvalue weighted by atomic mass is 9.56. The van der Waals surface area contributed by atoms with Gasteiger partial charge in [0.2, 0.25) is 0 Å². The minimum atomic E-state index is -0.756. The second kappa shape index (κ2) is 12.5. The number of fused-ring (bicyclic) bond motifs is 9. The van der Waals surface area contributed by atoms with Crippen LogP contribution < -0.4 is 4.74 Å². The smallest absolute Gasteiger partial charge is 0.319 e. The number of hydrogen-bond acceptors (Lipinski definition) is 7.